The lowest BCUT2D eigenvalue weighted by atomic mass is 10.3. The van der Waals surface area contributed by atoms with Crippen LogP contribution in [0.25, 0.3) is 0 Å². The second-order valence-corrected chi connectivity index (χ2v) is 5.51. The zero-order chi connectivity index (χ0) is 14.7. The van der Waals surface area contributed by atoms with E-state index >= 15 is 0 Å². The average Bonchev–Trinajstić information content (AvgIpc) is 2.47. The molecule has 0 atom stereocenters. The summed E-state index contributed by atoms with van der Waals surface area (Å²) in [5.41, 5.74) is 3.16. The molecule has 0 saturated carbocycles. The van der Waals surface area contributed by atoms with Gasteiger partial charge in [-0.15, -0.1) is 0 Å². The number of nitrogens with zero attached hydrogens (tertiary/aromatic N) is 2. The van der Waals surface area contributed by atoms with Crippen molar-refractivity contribution in [2.75, 3.05) is 10.7 Å². The fourth-order valence-corrected chi connectivity index (χ4v) is 2.38. The van der Waals surface area contributed by atoms with Crippen molar-refractivity contribution in [2.24, 2.45) is 5.84 Å². The molecule has 0 aliphatic heterocycles. The molecule has 5 nitrogen and oxygen atoms in total. The van der Waals surface area contributed by atoms with Gasteiger partial charge in [0.1, 0.15) is 17.5 Å². The third-order valence-corrected chi connectivity index (χ3v) is 4.31. The minimum Gasteiger partial charge on any atom is -0.339 e. The van der Waals surface area contributed by atoms with Gasteiger partial charge in [-0.3, -0.25) is 0 Å². The van der Waals surface area contributed by atoms with Crippen LogP contribution in [0.3, 0.4) is 0 Å². The molecule has 0 unspecified atom stereocenters. The van der Waals surface area contributed by atoms with Crippen molar-refractivity contribution in [1.29, 1.82) is 0 Å². The van der Waals surface area contributed by atoms with Gasteiger partial charge in [-0.05, 0) is 28.1 Å². The summed E-state index contributed by atoms with van der Waals surface area (Å²) in [6, 6.07) is 5.30. The fourth-order valence-electron chi connectivity index (χ4n) is 1.55. The number of benzene rings is 1. The highest BCUT2D eigenvalue weighted by molar-refractivity contribution is 9.10. The van der Waals surface area contributed by atoms with Crippen LogP contribution >= 0.6 is 39.1 Å². The largest absolute Gasteiger partial charge is 0.339 e. The molecule has 1 heterocycles. The van der Waals surface area contributed by atoms with Gasteiger partial charge >= 0.3 is 0 Å². The van der Waals surface area contributed by atoms with Crippen LogP contribution in [-0.4, -0.2) is 9.97 Å². The molecule has 0 spiro atoms. The Labute approximate surface area is 135 Å². The molecule has 0 saturated heterocycles. The van der Waals surface area contributed by atoms with E-state index in [9.17, 15) is 0 Å². The number of nitrogen functional groups attached to an aromatic ring is 1. The summed E-state index contributed by atoms with van der Waals surface area (Å²) in [7, 11) is 0. The second kappa shape index (κ2) is 6.58. The van der Waals surface area contributed by atoms with Crippen molar-refractivity contribution in [3.63, 3.8) is 0 Å². The zero-order valence-corrected chi connectivity index (χ0v) is 13.6. The Morgan fingerprint density at radius 2 is 1.90 bits per heavy atom. The number of hydrazine groups is 1. The zero-order valence-electron chi connectivity index (χ0n) is 10.5. The molecule has 0 aliphatic rings. The van der Waals surface area contributed by atoms with Crippen molar-refractivity contribution in [3.8, 4) is 0 Å². The van der Waals surface area contributed by atoms with Crippen LogP contribution in [0.15, 0.2) is 22.7 Å². The maximum absolute atomic E-state index is 6.19. The topological polar surface area (TPSA) is 75.9 Å². The highest BCUT2D eigenvalue weighted by Gasteiger charge is 2.10. The monoisotopic (exact) mass is 375 g/mol. The van der Waals surface area contributed by atoms with Crippen LogP contribution in [0.4, 0.5) is 17.3 Å². The number of halogens is 3. The molecule has 106 valence electrons. The van der Waals surface area contributed by atoms with Gasteiger partial charge in [0.05, 0.1) is 15.7 Å². The van der Waals surface area contributed by atoms with Crippen LogP contribution in [0.1, 0.15) is 12.7 Å². The number of aromatic nitrogens is 2. The summed E-state index contributed by atoms with van der Waals surface area (Å²) >= 11 is 15.6. The Balaban J connectivity index is 2.37. The minimum atomic E-state index is 0.417. The third kappa shape index (κ3) is 3.32. The van der Waals surface area contributed by atoms with Gasteiger partial charge in [-0.2, -0.15) is 0 Å². The summed E-state index contributed by atoms with van der Waals surface area (Å²) in [5, 5.41) is 3.97. The number of anilines is 3. The predicted octanol–water partition coefficient (Wildman–Crippen LogP) is 4.14. The smallest absolute Gasteiger partial charge is 0.145 e. The van der Waals surface area contributed by atoms with Gasteiger partial charge in [-0.25, -0.2) is 15.8 Å². The number of nitrogens with one attached hydrogen (secondary N) is 2. The molecule has 0 radical (unpaired) electrons. The fraction of sp³-hybridized carbons (Fsp3) is 0.167. The van der Waals surface area contributed by atoms with Crippen LogP contribution in [0, 0.1) is 0 Å². The lowest BCUT2D eigenvalue weighted by molar-refractivity contribution is 0.941. The molecule has 1 aromatic carbocycles. The van der Waals surface area contributed by atoms with Crippen LogP contribution in [0.5, 0.6) is 0 Å². The molecule has 4 N–H and O–H groups in total. The highest BCUT2D eigenvalue weighted by Crippen LogP contribution is 2.36. The SMILES string of the molecule is CCc1nc(NN)cc(Nc2ccc(Br)c(Cl)c2Cl)n1. The van der Waals surface area contributed by atoms with Gasteiger partial charge < -0.3 is 10.7 Å². The molecule has 2 aromatic rings. The molecule has 2 rings (SSSR count). The molecule has 0 bridgehead atoms. The van der Waals surface area contributed by atoms with E-state index in [2.05, 4.69) is 36.6 Å². The first-order chi connectivity index (χ1) is 9.55. The van der Waals surface area contributed by atoms with E-state index in [1.807, 2.05) is 13.0 Å². The summed E-state index contributed by atoms with van der Waals surface area (Å²) < 4.78 is 0.732. The van der Waals surface area contributed by atoms with E-state index in [0.717, 1.165) is 4.47 Å². The Hall–Kier alpha value is -1.08. The number of aryl methyl sites for hydroxylation is 1. The van der Waals surface area contributed by atoms with Crippen LogP contribution < -0.4 is 16.6 Å². The third-order valence-electron chi connectivity index (χ3n) is 2.53. The van der Waals surface area contributed by atoms with Crippen LogP contribution in [0.2, 0.25) is 10.0 Å². The quantitative estimate of drug-likeness (QED) is 0.424. The Morgan fingerprint density at radius 3 is 2.55 bits per heavy atom. The lowest BCUT2D eigenvalue weighted by Gasteiger charge is -2.11. The standard InChI is InChI=1S/C12H12BrCl2N5/c1-2-8-18-9(5-10(19-8)20-16)17-7-4-3-6(13)11(14)12(7)15/h3-5H,2,16H2,1H3,(H2,17,18,19,20). The van der Waals surface area contributed by atoms with E-state index in [0.29, 0.717) is 39.6 Å². The second-order valence-electron chi connectivity index (χ2n) is 3.90. The van der Waals surface area contributed by atoms with E-state index in [1.54, 1.807) is 12.1 Å². The van der Waals surface area contributed by atoms with Crippen molar-refractivity contribution < 1.29 is 0 Å². The van der Waals surface area contributed by atoms with Gasteiger partial charge in [0.15, 0.2) is 0 Å². The van der Waals surface area contributed by atoms with Gasteiger partial charge in [0, 0.05) is 17.0 Å². The maximum Gasteiger partial charge on any atom is 0.145 e. The highest BCUT2D eigenvalue weighted by atomic mass is 79.9. The molecule has 0 fully saturated rings. The first-order valence-electron chi connectivity index (χ1n) is 5.80. The first kappa shape index (κ1) is 15.3. The Kier molecular flexibility index (Phi) is 5.04. The van der Waals surface area contributed by atoms with E-state index in [4.69, 9.17) is 29.0 Å². The molecular weight excluding hydrogens is 365 g/mol. The number of nitrogens with two attached hydrogens (primary N) is 1. The van der Waals surface area contributed by atoms with Crippen molar-refractivity contribution >= 4 is 56.5 Å². The number of rotatable bonds is 4. The van der Waals surface area contributed by atoms with Gasteiger partial charge in [0.2, 0.25) is 0 Å². The summed E-state index contributed by atoms with van der Waals surface area (Å²) in [6.07, 6.45) is 0.693. The van der Waals surface area contributed by atoms with E-state index in [1.165, 1.54) is 0 Å². The molecule has 20 heavy (non-hydrogen) atoms. The maximum atomic E-state index is 6.19. The van der Waals surface area contributed by atoms with E-state index < -0.39 is 0 Å². The van der Waals surface area contributed by atoms with Gasteiger partial charge in [0.25, 0.3) is 0 Å². The minimum absolute atomic E-state index is 0.417. The number of hydrogen-bond donors (Lipinski definition) is 3. The van der Waals surface area contributed by atoms with Crippen molar-refractivity contribution in [3.05, 3.63) is 38.5 Å². The molecular formula is C12H12BrCl2N5. The van der Waals surface area contributed by atoms with Crippen molar-refractivity contribution in [2.45, 2.75) is 13.3 Å². The molecule has 1 aromatic heterocycles. The number of hydrogen-bond acceptors (Lipinski definition) is 5. The summed E-state index contributed by atoms with van der Waals surface area (Å²) in [5.74, 6) is 7.17. The lowest BCUT2D eigenvalue weighted by Crippen LogP contribution is -2.11. The molecule has 0 aliphatic carbocycles. The molecule has 0 amide bonds. The summed E-state index contributed by atoms with van der Waals surface area (Å²) in [4.78, 5) is 8.57. The Bertz CT molecular complexity index is 613. The van der Waals surface area contributed by atoms with Crippen molar-refractivity contribution in [1.82, 2.24) is 9.97 Å². The normalized spacial score (nSPS) is 10.4. The molecule has 8 heteroatoms. The Morgan fingerprint density at radius 1 is 1.20 bits per heavy atom. The van der Waals surface area contributed by atoms with Gasteiger partial charge in [-0.1, -0.05) is 30.1 Å². The first-order valence-corrected chi connectivity index (χ1v) is 7.35. The van der Waals surface area contributed by atoms with E-state index in [-0.39, 0.29) is 0 Å². The van der Waals surface area contributed by atoms with Crippen LogP contribution in [-0.2, 0) is 6.42 Å². The average molecular weight is 377 g/mol. The predicted molar refractivity (Wildman–Crippen MR) is 86.7 cm³/mol. The summed E-state index contributed by atoms with van der Waals surface area (Å²) in [6.45, 7) is 1.96.